The third-order valence-electron chi connectivity index (χ3n) is 4.60. The molecule has 3 aromatic rings. The Balaban J connectivity index is 1.99. The van der Waals surface area contributed by atoms with Crippen LogP contribution < -0.4 is 0 Å². The van der Waals surface area contributed by atoms with Gasteiger partial charge in [0.25, 0.3) is 0 Å². The van der Waals surface area contributed by atoms with Crippen LogP contribution in [-0.4, -0.2) is 26.2 Å². The first-order chi connectivity index (χ1) is 12.1. The quantitative estimate of drug-likeness (QED) is 0.684. The maximum Gasteiger partial charge on any atom is 0.146 e. The summed E-state index contributed by atoms with van der Waals surface area (Å²) < 4.78 is 15.4. The van der Waals surface area contributed by atoms with Crippen LogP contribution in [0.5, 0.6) is 0 Å². The van der Waals surface area contributed by atoms with Gasteiger partial charge in [0.2, 0.25) is 0 Å². The van der Waals surface area contributed by atoms with Crippen molar-refractivity contribution < 1.29 is 4.39 Å². The lowest BCUT2D eigenvalue weighted by Crippen LogP contribution is -2.30. The molecule has 0 bridgehead atoms. The molecule has 130 valence electrons. The van der Waals surface area contributed by atoms with Crippen molar-refractivity contribution in [2.45, 2.75) is 26.4 Å². The Morgan fingerprint density at radius 1 is 1.00 bits per heavy atom. The highest BCUT2D eigenvalue weighted by molar-refractivity contribution is 5.32. The number of aromatic nitrogens is 3. The van der Waals surface area contributed by atoms with Gasteiger partial charge in [-0.2, -0.15) is 0 Å². The van der Waals surface area contributed by atoms with Gasteiger partial charge in [-0.3, -0.25) is 4.90 Å². The van der Waals surface area contributed by atoms with Gasteiger partial charge in [0.1, 0.15) is 17.5 Å². The molecule has 0 unspecified atom stereocenters. The molecule has 0 aliphatic carbocycles. The molecule has 0 saturated carbocycles. The van der Waals surface area contributed by atoms with Crippen LogP contribution in [0, 0.1) is 12.7 Å². The van der Waals surface area contributed by atoms with Crippen molar-refractivity contribution in [2.75, 3.05) is 6.54 Å². The molecule has 3 rings (SSSR count). The zero-order valence-corrected chi connectivity index (χ0v) is 14.9. The number of benzene rings is 2. The lowest BCUT2D eigenvalue weighted by Gasteiger charge is -2.31. The number of rotatable bonds is 6. The van der Waals surface area contributed by atoms with Gasteiger partial charge in [-0.25, -0.2) is 4.39 Å². The molecule has 5 heteroatoms. The van der Waals surface area contributed by atoms with E-state index in [1.165, 1.54) is 17.7 Å². The van der Waals surface area contributed by atoms with Crippen LogP contribution in [0.4, 0.5) is 4.39 Å². The summed E-state index contributed by atoms with van der Waals surface area (Å²) in [5, 5.41) is 8.45. The summed E-state index contributed by atoms with van der Waals surface area (Å²) in [6.45, 7) is 5.58. The van der Waals surface area contributed by atoms with Gasteiger partial charge in [-0.15, -0.1) is 10.2 Å². The fourth-order valence-corrected chi connectivity index (χ4v) is 3.05. The molecule has 0 N–H and O–H groups in total. The number of hydrogen-bond donors (Lipinski definition) is 0. The van der Waals surface area contributed by atoms with E-state index in [1.54, 1.807) is 0 Å². The summed E-state index contributed by atoms with van der Waals surface area (Å²) in [4.78, 5) is 2.33. The first kappa shape index (κ1) is 17.3. The summed E-state index contributed by atoms with van der Waals surface area (Å²) in [6, 6.07) is 17.1. The van der Waals surface area contributed by atoms with Crippen molar-refractivity contribution in [3.63, 3.8) is 0 Å². The lowest BCUT2D eigenvalue weighted by molar-refractivity contribution is 0.220. The Morgan fingerprint density at radius 2 is 1.64 bits per heavy atom. The zero-order chi connectivity index (χ0) is 17.8. The summed E-state index contributed by atoms with van der Waals surface area (Å²) in [7, 11) is 1.98. The SMILES string of the molecule is CCN(Cc1nnc(C)n1C)[C@H](c1ccccc1)c1ccc(F)cc1. The minimum atomic E-state index is -0.220. The standard InChI is InChI=1S/C20H23FN4/c1-4-25(14-19-23-22-15(2)24(19)3)20(16-8-6-5-7-9-16)17-10-12-18(21)13-11-17/h5-13,20H,4,14H2,1-3H3/t20-/m1/s1. The zero-order valence-electron chi connectivity index (χ0n) is 14.9. The highest BCUT2D eigenvalue weighted by Gasteiger charge is 2.23. The van der Waals surface area contributed by atoms with Gasteiger partial charge in [-0.05, 0) is 36.7 Å². The number of halogens is 1. The smallest absolute Gasteiger partial charge is 0.146 e. The Kier molecular flexibility index (Phi) is 5.24. The molecule has 1 aromatic heterocycles. The van der Waals surface area contributed by atoms with Crippen LogP contribution in [0.3, 0.4) is 0 Å². The van der Waals surface area contributed by atoms with Gasteiger partial charge in [-0.1, -0.05) is 49.4 Å². The highest BCUT2D eigenvalue weighted by atomic mass is 19.1. The summed E-state index contributed by atoms with van der Waals surface area (Å²) in [5.41, 5.74) is 2.24. The average Bonchev–Trinajstić information content (AvgIpc) is 2.95. The minimum Gasteiger partial charge on any atom is -0.317 e. The van der Waals surface area contributed by atoms with Gasteiger partial charge in [0, 0.05) is 7.05 Å². The predicted octanol–water partition coefficient (Wildman–Crippen LogP) is 3.87. The largest absolute Gasteiger partial charge is 0.317 e. The fourth-order valence-electron chi connectivity index (χ4n) is 3.05. The van der Waals surface area contributed by atoms with Crippen molar-refractivity contribution in [1.82, 2.24) is 19.7 Å². The van der Waals surface area contributed by atoms with E-state index in [9.17, 15) is 4.39 Å². The highest BCUT2D eigenvalue weighted by Crippen LogP contribution is 2.29. The third kappa shape index (κ3) is 3.77. The average molecular weight is 338 g/mol. The molecule has 0 radical (unpaired) electrons. The molecule has 1 heterocycles. The minimum absolute atomic E-state index is 0.0313. The Morgan fingerprint density at radius 3 is 2.20 bits per heavy atom. The number of nitrogens with zero attached hydrogens (tertiary/aromatic N) is 4. The monoisotopic (exact) mass is 338 g/mol. The van der Waals surface area contributed by atoms with Crippen molar-refractivity contribution >= 4 is 0 Å². The third-order valence-corrected chi connectivity index (χ3v) is 4.60. The molecule has 2 aromatic carbocycles. The molecular weight excluding hydrogens is 315 g/mol. The van der Waals surface area contributed by atoms with E-state index in [-0.39, 0.29) is 11.9 Å². The Bertz CT molecular complexity index is 811. The van der Waals surface area contributed by atoms with E-state index in [4.69, 9.17) is 0 Å². The van der Waals surface area contributed by atoms with E-state index in [0.29, 0.717) is 6.54 Å². The molecular formula is C20H23FN4. The van der Waals surface area contributed by atoms with Crippen molar-refractivity contribution in [2.24, 2.45) is 7.05 Å². The first-order valence-corrected chi connectivity index (χ1v) is 8.49. The maximum atomic E-state index is 13.4. The van der Waals surface area contributed by atoms with Crippen molar-refractivity contribution in [3.8, 4) is 0 Å². The molecule has 4 nitrogen and oxygen atoms in total. The maximum absolute atomic E-state index is 13.4. The Hall–Kier alpha value is -2.53. The first-order valence-electron chi connectivity index (χ1n) is 8.49. The van der Waals surface area contributed by atoms with E-state index in [1.807, 2.05) is 48.9 Å². The second-order valence-electron chi connectivity index (χ2n) is 6.15. The molecule has 25 heavy (non-hydrogen) atoms. The molecule has 0 spiro atoms. The molecule has 1 atom stereocenters. The van der Waals surface area contributed by atoms with Crippen LogP contribution in [-0.2, 0) is 13.6 Å². The van der Waals surface area contributed by atoms with E-state index < -0.39 is 0 Å². The summed E-state index contributed by atoms with van der Waals surface area (Å²) in [5.74, 6) is 1.59. The fraction of sp³-hybridized carbons (Fsp3) is 0.300. The van der Waals surface area contributed by atoms with E-state index in [0.717, 1.165) is 23.8 Å². The Labute approximate surface area is 147 Å². The second kappa shape index (κ2) is 7.57. The van der Waals surface area contributed by atoms with Gasteiger partial charge >= 0.3 is 0 Å². The topological polar surface area (TPSA) is 34.0 Å². The number of aryl methyl sites for hydroxylation is 1. The normalized spacial score (nSPS) is 12.5. The predicted molar refractivity (Wildman–Crippen MR) is 96.5 cm³/mol. The molecule has 0 aliphatic rings. The number of hydrogen-bond acceptors (Lipinski definition) is 3. The molecule has 0 fully saturated rings. The molecule has 0 amide bonds. The van der Waals surface area contributed by atoms with Crippen LogP contribution in [0.2, 0.25) is 0 Å². The van der Waals surface area contributed by atoms with E-state index >= 15 is 0 Å². The van der Waals surface area contributed by atoms with Crippen molar-refractivity contribution in [3.05, 3.63) is 83.2 Å². The summed E-state index contributed by atoms with van der Waals surface area (Å²) in [6.07, 6.45) is 0. The van der Waals surface area contributed by atoms with Gasteiger partial charge in [0.15, 0.2) is 0 Å². The van der Waals surface area contributed by atoms with Gasteiger partial charge < -0.3 is 4.57 Å². The lowest BCUT2D eigenvalue weighted by atomic mass is 9.97. The van der Waals surface area contributed by atoms with Crippen LogP contribution in [0.15, 0.2) is 54.6 Å². The van der Waals surface area contributed by atoms with Crippen LogP contribution >= 0.6 is 0 Å². The van der Waals surface area contributed by atoms with E-state index in [2.05, 4.69) is 34.2 Å². The summed E-state index contributed by atoms with van der Waals surface area (Å²) >= 11 is 0. The van der Waals surface area contributed by atoms with Crippen LogP contribution in [0.1, 0.15) is 35.7 Å². The second-order valence-corrected chi connectivity index (χ2v) is 6.15. The molecule has 0 saturated heterocycles. The molecule has 0 aliphatic heterocycles. The van der Waals surface area contributed by atoms with Crippen molar-refractivity contribution in [1.29, 1.82) is 0 Å². The van der Waals surface area contributed by atoms with Crippen LogP contribution in [0.25, 0.3) is 0 Å². The van der Waals surface area contributed by atoms with Gasteiger partial charge in [0.05, 0.1) is 12.6 Å².